The van der Waals surface area contributed by atoms with Crippen LogP contribution in [0.3, 0.4) is 0 Å². The lowest BCUT2D eigenvalue weighted by Gasteiger charge is -2.09. The lowest BCUT2D eigenvalue weighted by molar-refractivity contribution is 0.511. The molecule has 2 aromatic rings. The maximum Gasteiger partial charge on any atom is 0.346 e. The molecule has 0 aliphatic carbocycles. The largest absolute Gasteiger partial charge is 0.398 e. The molecule has 0 radical (unpaired) electrons. The van der Waals surface area contributed by atoms with Crippen LogP contribution < -0.4 is 11.4 Å². The third kappa shape index (κ3) is 2.01. The van der Waals surface area contributed by atoms with Gasteiger partial charge in [0.2, 0.25) is 0 Å². The van der Waals surface area contributed by atoms with E-state index in [9.17, 15) is 4.79 Å². The van der Waals surface area contributed by atoms with Crippen molar-refractivity contribution in [1.29, 1.82) is 0 Å². The molecule has 3 rings (SSSR count). The van der Waals surface area contributed by atoms with Crippen molar-refractivity contribution in [3.8, 4) is 0 Å². The second-order valence-electron chi connectivity index (χ2n) is 5.39. The number of nitrogens with zero attached hydrogens (tertiary/aromatic N) is 4. The molecule has 106 valence electrons. The number of fused-ring (bicyclic) bond motifs is 1. The number of aryl methyl sites for hydroxylation is 2. The highest BCUT2D eigenvalue weighted by atomic mass is 16.2. The van der Waals surface area contributed by atoms with Crippen molar-refractivity contribution in [2.45, 2.75) is 46.2 Å². The summed E-state index contributed by atoms with van der Waals surface area (Å²) in [5.74, 6) is 0.888. The first-order valence-electron chi connectivity index (χ1n) is 6.95. The third-order valence-electron chi connectivity index (χ3n) is 4.01. The first-order valence-corrected chi connectivity index (χ1v) is 6.95. The number of nitrogen functional groups attached to an aromatic ring is 1. The predicted molar refractivity (Wildman–Crippen MR) is 76.7 cm³/mol. The monoisotopic (exact) mass is 273 g/mol. The van der Waals surface area contributed by atoms with E-state index >= 15 is 0 Å². The summed E-state index contributed by atoms with van der Waals surface area (Å²) < 4.78 is 3.28. The highest BCUT2D eigenvalue weighted by Gasteiger charge is 2.17. The fraction of sp³-hybridized carbons (Fsp3) is 0.500. The first-order chi connectivity index (χ1) is 9.58. The Morgan fingerprint density at radius 3 is 2.90 bits per heavy atom. The van der Waals surface area contributed by atoms with Crippen LogP contribution in [0.25, 0.3) is 0 Å². The Bertz CT molecular complexity index is 713. The molecule has 0 saturated heterocycles. The fourth-order valence-corrected chi connectivity index (χ4v) is 2.65. The molecule has 0 saturated carbocycles. The van der Waals surface area contributed by atoms with Crippen LogP contribution in [0.4, 0.5) is 5.69 Å². The highest BCUT2D eigenvalue weighted by Crippen LogP contribution is 2.18. The molecule has 6 nitrogen and oxygen atoms in total. The molecular formula is C14H19N5O. The molecule has 1 aliphatic rings. The molecule has 0 unspecified atom stereocenters. The van der Waals surface area contributed by atoms with Crippen LogP contribution in [0.5, 0.6) is 0 Å². The standard InChI is InChI=1S/C14H19N5O/c1-9-7-16-11(10(2)13(9)15)8-19-14(20)18-6-4-3-5-12(18)17-19/h7H,3-6,8H2,1-2H3,(H2,15,16). The van der Waals surface area contributed by atoms with Gasteiger partial charge in [0, 0.05) is 24.8 Å². The fourth-order valence-electron chi connectivity index (χ4n) is 2.65. The van der Waals surface area contributed by atoms with Gasteiger partial charge in [0.15, 0.2) is 0 Å². The van der Waals surface area contributed by atoms with Crippen LogP contribution in [-0.4, -0.2) is 19.3 Å². The second-order valence-corrected chi connectivity index (χ2v) is 5.39. The van der Waals surface area contributed by atoms with E-state index in [0.717, 1.165) is 54.1 Å². The van der Waals surface area contributed by atoms with E-state index < -0.39 is 0 Å². The van der Waals surface area contributed by atoms with E-state index in [2.05, 4.69) is 10.1 Å². The summed E-state index contributed by atoms with van der Waals surface area (Å²) in [6.07, 6.45) is 4.78. The van der Waals surface area contributed by atoms with Gasteiger partial charge in [-0.25, -0.2) is 9.48 Å². The van der Waals surface area contributed by atoms with E-state index in [1.807, 2.05) is 13.8 Å². The van der Waals surface area contributed by atoms with E-state index in [4.69, 9.17) is 5.73 Å². The van der Waals surface area contributed by atoms with Crippen LogP contribution in [-0.2, 0) is 19.5 Å². The number of nitrogens with two attached hydrogens (primary N) is 1. The smallest absolute Gasteiger partial charge is 0.346 e. The van der Waals surface area contributed by atoms with Crippen molar-refractivity contribution >= 4 is 5.69 Å². The number of anilines is 1. The highest BCUT2D eigenvalue weighted by molar-refractivity contribution is 5.53. The van der Waals surface area contributed by atoms with Gasteiger partial charge >= 0.3 is 5.69 Å². The van der Waals surface area contributed by atoms with Crippen molar-refractivity contribution in [3.05, 3.63) is 39.3 Å². The van der Waals surface area contributed by atoms with Gasteiger partial charge in [-0.15, -0.1) is 0 Å². The van der Waals surface area contributed by atoms with Crippen molar-refractivity contribution in [2.75, 3.05) is 5.73 Å². The van der Waals surface area contributed by atoms with Gasteiger partial charge in [0.1, 0.15) is 5.82 Å². The Morgan fingerprint density at radius 1 is 1.35 bits per heavy atom. The Kier molecular flexibility index (Phi) is 3.08. The summed E-state index contributed by atoms with van der Waals surface area (Å²) in [5, 5.41) is 4.43. The van der Waals surface area contributed by atoms with E-state index in [1.54, 1.807) is 10.8 Å². The van der Waals surface area contributed by atoms with Gasteiger partial charge in [-0.05, 0) is 37.8 Å². The van der Waals surface area contributed by atoms with Crippen molar-refractivity contribution < 1.29 is 0 Å². The number of hydrogen-bond acceptors (Lipinski definition) is 4. The molecule has 2 aromatic heterocycles. The van der Waals surface area contributed by atoms with Crippen LogP contribution in [0.2, 0.25) is 0 Å². The number of rotatable bonds is 2. The minimum atomic E-state index is -0.0416. The Morgan fingerprint density at radius 2 is 2.15 bits per heavy atom. The molecule has 0 atom stereocenters. The predicted octanol–water partition coefficient (Wildman–Crippen LogP) is 1.02. The molecule has 0 spiro atoms. The number of hydrogen-bond donors (Lipinski definition) is 1. The minimum absolute atomic E-state index is 0.0416. The lowest BCUT2D eigenvalue weighted by Crippen LogP contribution is -2.27. The minimum Gasteiger partial charge on any atom is -0.398 e. The van der Waals surface area contributed by atoms with Crippen molar-refractivity contribution in [2.24, 2.45) is 0 Å². The van der Waals surface area contributed by atoms with Gasteiger partial charge < -0.3 is 5.73 Å². The van der Waals surface area contributed by atoms with Gasteiger partial charge in [0.05, 0.1) is 12.2 Å². The molecule has 2 N–H and O–H groups in total. The van der Waals surface area contributed by atoms with E-state index in [0.29, 0.717) is 6.54 Å². The molecule has 6 heteroatoms. The molecule has 0 amide bonds. The van der Waals surface area contributed by atoms with Gasteiger partial charge in [-0.3, -0.25) is 9.55 Å². The Balaban J connectivity index is 1.98. The SMILES string of the molecule is Cc1cnc(Cn2nc3n(c2=O)CCCC3)c(C)c1N. The van der Waals surface area contributed by atoms with E-state index in [1.165, 1.54) is 4.68 Å². The van der Waals surface area contributed by atoms with Crippen LogP contribution in [0.1, 0.15) is 35.5 Å². The molecular weight excluding hydrogens is 254 g/mol. The van der Waals surface area contributed by atoms with E-state index in [-0.39, 0.29) is 5.69 Å². The van der Waals surface area contributed by atoms with Gasteiger partial charge in [-0.2, -0.15) is 5.10 Å². The summed E-state index contributed by atoms with van der Waals surface area (Å²) in [7, 11) is 0. The topological polar surface area (TPSA) is 78.7 Å². The lowest BCUT2D eigenvalue weighted by atomic mass is 10.1. The van der Waals surface area contributed by atoms with Crippen LogP contribution in [0, 0.1) is 13.8 Å². The molecule has 1 aliphatic heterocycles. The van der Waals surface area contributed by atoms with Gasteiger partial charge in [0.25, 0.3) is 0 Å². The first kappa shape index (κ1) is 12.9. The molecule has 20 heavy (non-hydrogen) atoms. The normalized spacial score (nSPS) is 14.3. The van der Waals surface area contributed by atoms with Gasteiger partial charge in [-0.1, -0.05) is 0 Å². The quantitative estimate of drug-likeness (QED) is 0.886. The van der Waals surface area contributed by atoms with Crippen LogP contribution >= 0.6 is 0 Å². The number of pyridine rings is 1. The summed E-state index contributed by atoms with van der Waals surface area (Å²) in [4.78, 5) is 16.7. The Labute approximate surface area is 117 Å². The summed E-state index contributed by atoms with van der Waals surface area (Å²) in [5.41, 5.74) is 9.42. The maximum absolute atomic E-state index is 12.3. The van der Waals surface area contributed by atoms with Crippen molar-refractivity contribution in [3.63, 3.8) is 0 Å². The van der Waals surface area contributed by atoms with Crippen LogP contribution in [0.15, 0.2) is 11.0 Å². The average molecular weight is 273 g/mol. The second kappa shape index (κ2) is 4.77. The molecule has 3 heterocycles. The zero-order valence-electron chi connectivity index (χ0n) is 11.9. The molecule has 0 bridgehead atoms. The average Bonchev–Trinajstić information content (AvgIpc) is 2.77. The Hall–Kier alpha value is -2.11. The summed E-state index contributed by atoms with van der Waals surface area (Å²) in [6, 6.07) is 0. The molecule has 0 fully saturated rings. The zero-order valence-corrected chi connectivity index (χ0v) is 11.9. The molecule has 0 aromatic carbocycles. The summed E-state index contributed by atoms with van der Waals surface area (Å²) in [6.45, 7) is 5.03. The summed E-state index contributed by atoms with van der Waals surface area (Å²) >= 11 is 0. The number of aromatic nitrogens is 4. The maximum atomic E-state index is 12.3. The van der Waals surface area contributed by atoms with Crippen molar-refractivity contribution in [1.82, 2.24) is 19.3 Å². The third-order valence-corrected chi connectivity index (χ3v) is 4.01. The zero-order chi connectivity index (χ0) is 14.3.